The van der Waals surface area contributed by atoms with Crippen LogP contribution in [0.5, 0.6) is 0 Å². The number of carbonyl (C=O) groups excluding carboxylic acids is 1. The van der Waals surface area contributed by atoms with Gasteiger partial charge in [-0.15, -0.1) is 0 Å². The number of hydrogen-bond acceptors (Lipinski definition) is 5. The first-order valence-electron chi connectivity index (χ1n) is 7.78. The number of rotatable bonds is 4. The lowest BCUT2D eigenvalue weighted by atomic mass is 10.1. The van der Waals surface area contributed by atoms with Crippen LogP contribution >= 0.6 is 0 Å². The van der Waals surface area contributed by atoms with Crippen LogP contribution < -0.4 is 5.32 Å². The molecule has 0 saturated carbocycles. The van der Waals surface area contributed by atoms with E-state index in [1.807, 2.05) is 6.92 Å². The monoisotopic (exact) mass is 355 g/mol. The molecule has 0 spiro atoms. The van der Waals surface area contributed by atoms with Gasteiger partial charge < -0.3 is 14.6 Å². The number of nitrogens with one attached hydrogen (secondary N) is 1. The Morgan fingerprint density at radius 2 is 2.04 bits per heavy atom. The minimum absolute atomic E-state index is 0.00310. The summed E-state index contributed by atoms with van der Waals surface area (Å²) in [5.74, 6) is -1.87. The second-order valence-electron chi connectivity index (χ2n) is 5.81. The molecular formula is C16H16F3N3O3. The lowest BCUT2D eigenvalue weighted by Crippen LogP contribution is -2.40. The Hall–Kier alpha value is -2.42. The molecule has 1 amide bonds. The predicted octanol–water partition coefficient (Wildman–Crippen LogP) is 3.05. The molecule has 0 bridgehead atoms. The minimum Gasteiger partial charge on any atom is -0.376 e. The zero-order valence-corrected chi connectivity index (χ0v) is 13.3. The largest absolute Gasteiger partial charge is 0.471 e. The molecule has 2 atom stereocenters. The van der Waals surface area contributed by atoms with Gasteiger partial charge in [-0.25, -0.2) is 0 Å². The number of benzene rings is 1. The summed E-state index contributed by atoms with van der Waals surface area (Å²) in [7, 11) is 0. The Balaban J connectivity index is 1.67. The topological polar surface area (TPSA) is 77.3 Å². The second kappa shape index (κ2) is 6.83. The van der Waals surface area contributed by atoms with Crippen LogP contribution in [0.3, 0.4) is 0 Å². The summed E-state index contributed by atoms with van der Waals surface area (Å²) in [6.45, 7) is 2.57. The van der Waals surface area contributed by atoms with Crippen LogP contribution in [0.1, 0.15) is 36.0 Å². The van der Waals surface area contributed by atoms with E-state index >= 15 is 0 Å². The van der Waals surface area contributed by atoms with E-state index in [9.17, 15) is 18.0 Å². The maximum absolute atomic E-state index is 12.5. The fourth-order valence-electron chi connectivity index (χ4n) is 2.61. The lowest BCUT2D eigenvalue weighted by molar-refractivity contribution is -0.159. The number of ether oxygens (including phenoxy) is 1. The van der Waals surface area contributed by atoms with Gasteiger partial charge in [0.05, 0.1) is 12.1 Å². The van der Waals surface area contributed by atoms with Crippen molar-refractivity contribution in [3.8, 4) is 11.4 Å². The third kappa shape index (κ3) is 3.98. The normalized spacial score (nSPS) is 19.0. The van der Waals surface area contributed by atoms with E-state index in [4.69, 9.17) is 4.74 Å². The predicted molar refractivity (Wildman–Crippen MR) is 80.6 cm³/mol. The third-order valence-corrected chi connectivity index (χ3v) is 3.96. The molecule has 0 aliphatic carbocycles. The number of aromatic nitrogens is 2. The van der Waals surface area contributed by atoms with Crippen molar-refractivity contribution in [2.75, 3.05) is 6.61 Å². The Morgan fingerprint density at radius 3 is 2.60 bits per heavy atom. The van der Waals surface area contributed by atoms with Crippen molar-refractivity contribution in [3.05, 3.63) is 35.7 Å². The molecule has 6 nitrogen and oxygen atoms in total. The highest BCUT2D eigenvalue weighted by molar-refractivity contribution is 5.94. The summed E-state index contributed by atoms with van der Waals surface area (Å²) in [6.07, 6.45) is -2.81. The van der Waals surface area contributed by atoms with Gasteiger partial charge in [-0.2, -0.15) is 18.2 Å². The van der Waals surface area contributed by atoms with Gasteiger partial charge in [-0.3, -0.25) is 4.79 Å². The number of nitrogens with zero attached hydrogens (tertiary/aromatic N) is 2. The Bertz CT molecular complexity index is 737. The standard InChI is InChI=1S/C16H16F3N3O3/c1-9(12-3-2-8-24-12)20-14(23)11-6-4-10(5-7-11)13-21-15(25-22-13)16(17,18)19/h4-7,9,12H,2-3,8H2,1H3,(H,20,23). The molecule has 1 aliphatic rings. The fourth-order valence-corrected chi connectivity index (χ4v) is 2.61. The Kier molecular flexibility index (Phi) is 4.76. The van der Waals surface area contributed by atoms with Gasteiger partial charge in [-0.1, -0.05) is 17.3 Å². The molecule has 1 aliphatic heterocycles. The molecule has 1 aromatic carbocycles. The van der Waals surface area contributed by atoms with Gasteiger partial charge >= 0.3 is 12.1 Å². The first-order valence-corrected chi connectivity index (χ1v) is 7.78. The summed E-state index contributed by atoms with van der Waals surface area (Å²) in [4.78, 5) is 15.5. The third-order valence-electron chi connectivity index (χ3n) is 3.96. The summed E-state index contributed by atoms with van der Waals surface area (Å²) < 4.78 is 47.1. The summed E-state index contributed by atoms with van der Waals surface area (Å²) in [5.41, 5.74) is 0.705. The fraction of sp³-hybridized carbons (Fsp3) is 0.438. The van der Waals surface area contributed by atoms with Crippen LogP contribution in [-0.4, -0.2) is 34.8 Å². The number of halogens is 3. The molecule has 3 rings (SSSR count). The Morgan fingerprint density at radius 1 is 1.32 bits per heavy atom. The van der Waals surface area contributed by atoms with Gasteiger partial charge in [0.2, 0.25) is 5.82 Å². The van der Waals surface area contributed by atoms with Crippen molar-refractivity contribution < 1.29 is 27.2 Å². The maximum atomic E-state index is 12.5. The van der Waals surface area contributed by atoms with E-state index in [2.05, 4.69) is 20.0 Å². The Labute approximate surface area is 141 Å². The van der Waals surface area contributed by atoms with Crippen LogP contribution in [0.15, 0.2) is 28.8 Å². The summed E-state index contributed by atoms with van der Waals surface area (Å²) in [6, 6.07) is 5.81. The van der Waals surface area contributed by atoms with Gasteiger partial charge in [0.1, 0.15) is 0 Å². The first kappa shape index (κ1) is 17.4. The van der Waals surface area contributed by atoms with E-state index < -0.39 is 12.1 Å². The summed E-state index contributed by atoms with van der Waals surface area (Å²) in [5, 5.41) is 6.16. The van der Waals surface area contributed by atoms with Crippen molar-refractivity contribution in [1.29, 1.82) is 0 Å². The number of amides is 1. The smallest absolute Gasteiger partial charge is 0.376 e. The van der Waals surface area contributed by atoms with Crippen LogP contribution in [0.4, 0.5) is 13.2 Å². The molecule has 1 fully saturated rings. The van der Waals surface area contributed by atoms with Crippen molar-refractivity contribution in [2.24, 2.45) is 0 Å². The molecule has 9 heteroatoms. The molecule has 2 heterocycles. The SMILES string of the molecule is CC(NC(=O)c1ccc(-c2noc(C(F)(F)F)n2)cc1)C1CCCO1. The van der Waals surface area contributed by atoms with Crippen LogP contribution in [0.25, 0.3) is 11.4 Å². The molecular weight excluding hydrogens is 339 g/mol. The van der Waals surface area contributed by atoms with Gasteiger partial charge in [-0.05, 0) is 31.9 Å². The number of alkyl halides is 3. The molecule has 0 radical (unpaired) electrons. The van der Waals surface area contributed by atoms with Crippen LogP contribution in [0, 0.1) is 0 Å². The van der Waals surface area contributed by atoms with Crippen molar-refractivity contribution in [1.82, 2.24) is 15.5 Å². The molecule has 1 saturated heterocycles. The highest BCUT2D eigenvalue weighted by Crippen LogP contribution is 2.29. The lowest BCUT2D eigenvalue weighted by Gasteiger charge is -2.20. The number of hydrogen-bond donors (Lipinski definition) is 1. The highest BCUT2D eigenvalue weighted by atomic mass is 19.4. The van der Waals surface area contributed by atoms with Gasteiger partial charge in [0.15, 0.2) is 0 Å². The van der Waals surface area contributed by atoms with E-state index in [1.54, 1.807) is 0 Å². The first-order chi connectivity index (χ1) is 11.8. The van der Waals surface area contributed by atoms with E-state index in [1.165, 1.54) is 24.3 Å². The molecule has 25 heavy (non-hydrogen) atoms. The zero-order valence-electron chi connectivity index (χ0n) is 13.3. The van der Waals surface area contributed by atoms with Crippen molar-refractivity contribution in [2.45, 2.75) is 38.1 Å². The van der Waals surface area contributed by atoms with Crippen LogP contribution in [0.2, 0.25) is 0 Å². The second-order valence-corrected chi connectivity index (χ2v) is 5.81. The summed E-state index contributed by atoms with van der Waals surface area (Å²) >= 11 is 0. The zero-order chi connectivity index (χ0) is 18.0. The van der Waals surface area contributed by atoms with E-state index in [0.717, 1.165) is 12.8 Å². The molecule has 2 unspecified atom stereocenters. The quantitative estimate of drug-likeness (QED) is 0.912. The average Bonchev–Trinajstić information content (AvgIpc) is 3.26. The van der Waals surface area contributed by atoms with Gasteiger partial charge in [0, 0.05) is 17.7 Å². The molecule has 134 valence electrons. The van der Waals surface area contributed by atoms with Crippen molar-refractivity contribution in [3.63, 3.8) is 0 Å². The van der Waals surface area contributed by atoms with Gasteiger partial charge in [0.25, 0.3) is 5.91 Å². The van der Waals surface area contributed by atoms with E-state index in [-0.39, 0.29) is 23.9 Å². The van der Waals surface area contributed by atoms with Crippen molar-refractivity contribution >= 4 is 5.91 Å². The molecule has 2 aromatic rings. The number of carbonyl (C=O) groups is 1. The average molecular weight is 355 g/mol. The molecule has 1 aromatic heterocycles. The van der Waals surface area contributed by atoms with E-state index in [0.29, 0.717) is 17.7 Å². The maximum Gasteiger partial charge on any atom is 0.471 e. The minimum atomic E-state index is -4.69. The van der Waals surface area contributed by atoms with Crippen LogP contribution in [-0.2, 0) is 10.9 Å². The molecule has 1 N–H and O–H groups in total. The highest BCUT2D eigenvalue weighted by Gasteiger charge is 2.38.